The third kappa shape index (κ3) is 2.56. The summed E-state index contributed by atoms with van der Waals surface area (Å²) in [5, 5.41) is 0. The topological polar surface area (TPSA) is 65.1 Å². The van der Waals surface area contributed by atoms with Crippen LogP contribution in [0.25, 0.3) is 0 Å². The second-order valence-corrected chi connectivity index (χ2v) is 11.8. The van der Waals surface area contributed by atoms with E-state index in [0.29, 0.717) is 30.5 Å². The SMILES string of the molecule is CC(=O)OC[C@@H]1C[C@@H]2O[C@@]23[C@H]2CC[C@@]4(C)C[C@@H](OC(C)=O)CC[C@]4(C)[C@@H]2CC[C@@]13C. The van der Waals surface area contributed by atoms with Crippen molar-refractivity contribution in [3.05, 3.63) is 0 Å². The van der Waals surface area contributed by atoms with Crippen LogP contribution in [0.2, 0.25) is 0 Å². The largest absolute Gasteiger partial charge is 0.466 e. The predicted octanol–water partition coefficient (Wildman–Crippen LogP) is 4.66. The first-order chi connectivity index (χ1) is 14.1. The van der Waals surface area contributed by atoms with Crippen LogP contribution in [-0.4, -0.2) is 36.4 Å². The first-order valence-corrected chi connectivity index (χ1v) is 12.0. The van der Waals surface area contributed by atoms with Crippen LogP contribution < -0.4 is 0 Å². The van der Waals surface area contributed by atoms with Crippen LogP contribution in [0.1, 0.15) is 86.0 Å². The van der Waals surface area contributed by atoms with Crippen LogP contribution in [0.4, 0.5) is 0 Å². The molecule has 9 atom stereocenters. The molecule has 0 amide bonds. The van der Waals surface area contributed by atoms with E-state index >= 15 is 0 Å². The molecule has 4 aliphatic carbocycles. The Morgan fingerprint density at radius 3 is 2.33 bits per heavy atom. The molecule has 0 aromatic carbocycles. The van der Waals surface area contributed by atoms with E-state index in [-0.39, 0.29) is 39.9 Å². The molecule has 5 fully saturated rings. The molecular weight excluding hydrogens is 380 g/mol. The van der Waals surface area contributed by atoms with Crippen molar-refractivity contribution in [3.63, 3.8) is 0 Å². The zero-order valence-corrected chi connectivity index (χ0v) is 19.3. The molecule has 0 aromatic heterocycles. The lowest BCUT2D eigenvalue weighted by Gasteiger charge is -2.65. The smallest absolute Gasteiger partial charge is 0.302 e. The minimum atomic E-state index is -0.173. The highest BCUT2D eigenvalue weighted by Gasteiger charge is 2.81. The maximum absolute atomic E-state index is 11.5. The third-order valence-corrected chi connectivity index (χ3v) is 10.8. The van der Waals surface area contributed by atoms with Gasteiger partial charge in [-0.2, -0.15) is 0 Å². The van der Waals surface area contributed by atoms with Gasteiger partial charge in [0.15, 0.2) is 0 Å². The Kier molecular flexibility index (Phi) is 4.48. The summed E-state index contributed by atoms with van der Waals surface area (Å²) in [6, 6.07) is 0. The second-order valence-electron chi connectivity index (χ2n) is 11.8. The summed E-state index contributed by atoms with van der Waals surface area (Å²) in [6.07, 6.45) is 9.37. The lowest BCUT2D eigenvalue weighted by molar-refractivity contribution is -0.192. The van der Waals surface area contributed by atoms with Gasteiger partial charge in [-0.05, 0) is 74.0 Å². The van der Waals surface area contributed by atoms with Crippen LogP contribution in [0.3, 0.4) is 0 Å². The van der Waals surface area contributed by atoms with Crippen LogP contribution >= 0.6 is 0 Å². The lowest BCUT2D eigenvalue weighted by Crippen LogP contribution is -2.62. The van der Waals surface area contributed by atoms with E-state index in [1.54, 1.807) is 0 Å². The molecule has 0 unspecified atom stereocenters. The summed E-state index contributed by atoms with van der Waals surface area (Å²) >= 11 is 0. The van der Waals surface area contributed by atoms with Gasteiger partial charge in [-0.25, -0.2) is 0 Å². The number of ether oxygens (including phenoxy) is 3. The molecule has 0 N–H and O–H groups in total. The predicted molar refractivity (Wildman–Crippen MR) is 112 cm³/mol. The van der Waals surface area contributed by atoms with E-state index in [1.165, 1.54) is 33.1 Å². The summed E-state index contributed by atoms with van der Waals surface area (Å²) in [5.74, 6) is 1.37. The molecule has 1 heterocycles. The molecule has 5 aliphatic rings. The summed E-state index contributed by atoms with van der Waals surface area (Å²) < 4.78 is 17.7. The Bertz CT molecular complexity index is 763. The maximum atomic E-state index is 11.5. The molecule has 0 bridgehead atoms. The lowest BCUT2D eigenvalue weighted by atomic mass is 9.40. The Balaban J connectivity index is 1.39. The first kappa shape index (κ1) is 20.8. The highest BCUT2D eigenvalue weighted by molar-refractivity contribution is 5.66. The van der Waals surface area contributed by atoms with Crippen molar-refractivity contribution in [2.24, 2.45) is 34.0 Å². The standard InChI is InChI=1S/C25H38O5/c1-15(26)28-14-17-12-21-25(30-21)20-7-9-22(3)13-18(29-16(2)27)6-10-24(22,5)19(20)8-11-23(17,25)4/h17-21H,6-14H2,1-5H3/t17-,18-,19+,20-,21-,22-,23-,24+,25-/m0/s1. The highest BCUT2D eigenvalue weighted by Crippen LogP contribution is 2.77. The molecule has 168 valence electrons. The van der Waals surface area contributed by atoms with Crippen molar-refractivity contribution in [1.29, 1.82) is 0 Å². The molecule has 1 spiro atoms. The number of esters is 2. The molecule has 1 aliphatic heterocycles. The van der Waals surface area contributed by atoms with Crippen molar-refractivity contribution >= 4 is 11.9 Å². The van der Waals surface area contributed by atoms with Gasteiger partial charge in [0.05, 0.1) is 12.7 Å². The van der Waals surface area contributed by atoms with Crippen LogP contribution in [0.15, 0.2) is 0 Å². The summed E-state index contributed by atoms with van der Waals surface area (Å²) in [5.41, 5.74) is 0.606. The van der Waals surface area contributed by atoms with Crippen molar-refractivity contribution in [2.45, 2.75) is 104 Å². The van der Waals surface area contributed by atoms with Gasteiger partial charge in [-0.3, -0.25) is 9.59 Å². The van der Waals surface area contributed by atoms with Gasteiger partial charge in [0.25, 0.3) is 0 Å². The third-order valence-electron chi connectivity index (χ3n) is 10.8. The van der Waals surface area contributed by atoms with Crippen molar-refractivity contribution in [3.8, 4) is 0 Å². The van der Waals surface area contributed by atoms with Crippen molar-refractivity contribution in [1.82, 2.24) is 0 Å². The van der Waals surface area contributed by atoms with E-state index in [2.05, 4.69) is 20.8 Å². The van der Waals surface area contributed by atoms with Gasteiger partial charge >= 0.3 is 11.9 Å². The zero-order chi connectivity index (χ0) is 21.5. The van der Waals surface area contributed by atoms with Gasteiger partial charge in [-0.1, -0.05) is 20.8 Å². The van der Waals surface area contributed by atoms with Crippen LogP contribution in [-0.2, 0) is 23.8 Å². The van der Waals surface area contributed by atoms with Gasteiger partial charge < -0.3 is 14.2 Å². The van der Waals surface area contributed by atoms with Crippen LogP contribution in [0.5, 0.6) is 0 Å². The summed E-state index contributed by atoms with van der Waals surface area (Å²) in [6.45, 7) is 11.0. The van der Waals surface area contributed by atoms with Crippen molar-refractivity contribution < 1.29 is 23.8 Å². The molecule has 0 radical (unpaired) electrons. The number of epoxide rings is 1. The molecular formula is C25H38O5. The fourth-order valence-corrected chi connectivity index (χ4v) is 8.95. The summed E-state index contributed by atoms with van der Waals surface area (Å²) in [4.78, 5) is 23.0. The van der Waals surface area contributed by atoms with Gasteiger partial charge in [-0.15, -0.1) is 0 Å². The van der Waals surface area contributed by atoms with Crippen molar-refractivity contribution in [2.75, 3.05) is 6.61 Å². The minimum absolute atomic E-state index is 0.00218. The molecule has 5 rings (SSSR count). The van der Waals surface area contributed by atoms with E-state index < -0.39 is 0 Å². The average molecular weight is 419 g/mol. The molecule has 4 saturated carbocycles. The zero-order valence-electron chi connectivity index (χ0n) is 19.3. The molecule has 5 heteroatoms. The minimum Gasteiger partial charge on any atom is -0.466 e. The Hall–Kier alpha value is -1.10. The monoisotopic (exact) mass is 418 g/mol. The highest BCUT2D eigenvalue weighted by atomic mass is 16.6. The van der Waals surface area contributed by atoms with Gasteiger partial charge in [0, 0.05) is 25.2 Å². The van der Waals surface area contributed by atoms with E-state index in [9.17, 15) is 9.59 Å². The number of hydrogen-bond acceptors (Lipinski definition) is 5. The Labute approximate surface area is 180 Å². The molecule has 5 nitrogen and oxygen atoms in total. The average Bonchev–Trinajstić information content (AvgIpc) is 3.31. The van der Waals surface area contributed by atoms with Gasteiger partial charge in [0.2, 0.25) is 0 Å². The molecule has 30 heavy (non-hydrogen) atoms. The second kappa shape index (κ2) is 6.46. The number of fused-ring (bicyclic) bond motifs is 3. The van der Waals surface area contributed by atoms with E-state index in [0.717, 1.165) is 32.1 Å². The fourth-order valence-electron chi connectivity index (χ4n) is 8.95. The fraction of sp³-hybridized carbons (Fsp3) is 0.920. The maximum Gasteiger partial charge on any atom is 0.302 e. The van der Waals surface area contributed by atoms with Crippen LogP contribution in [0, 0.1) is 34.0 Å². The number of carbonyl (C=O) groups is 2. The molecule has 1 saturated heterocycles. The van der Waals surface area contributed by atoms with E-state index in [1.807, 2.05) is 0 Å². The van der Waals surface area contributed by atoms with E-state index in [4.69, 9.17) is 14.2 Å². The van der Waals surface area contributed by atoms with Gasteiger partial charge in [0.1, 0.15) is 11.7 Å². The molecule has 0 aromatic rings. The normalized spacial score (nSPS) is 53.6. The number of rotatable bonds is 3. The Morgan fingerprint density at radius 2 is 1.63 bits per heavy atom. The quantitative estimate of drug-likeness (QED) is 0.493. The number of hydrogen-bond donors (Lipinski definition) is 0. The number of carbonyl (C=O) groups excluding carboxylic acids is 2. The first-order valence-electron chi connectivity index (χ1n) is 12.0. The Morgan fingerprint density at radius 1 is 0.933 bits per heavy atom. The summed E-state index contributed by atoms with van der Waals surface area (Å²) in [7, 11) is 0.